The van der Waals surface area contributed by atoms with Crippen LogP contribution in [0.25, 0.3) is 5.57 Å². The fourth-order valence-electron chi connectivity index (χ4n) is 4.05. The van der Waals surface area contributed by atoms with Crippen molar-refractivity contribution in [2.75, 3.05) is 43.6 Å². The van der Waals surface area contributed by atoms with Crippen LogP contribution in [-0.2, 0) is 14.3 Å². The maximum atomic E-state index is 13.1. The lowest BCUT2D eigenvalue weighted by Crippen LogP contribution is -2.37. The average Bonchev–Trinajstić information content (AvgIpc) is 3.03. The normalized spacial score (nSPS) is 20.2. The van der Waals surface area contributed by atoms with Crippen LogP contribution in [0.1, 0.15) is 31.3 Å². The number of morpholine rings is 1. The van der Waals surface area contributed by atoms with Crippen molar-refractivity contribution >= 4 is 22.9 Å². The smallest absolute Gasteiger partial charge is 0.261 e. The summed E-state index contributed by atoms with van der Waals surface area (Å²) >= 11 is 0. The number of carbonyl (C=O) groups excluding carboxylic acids is 1. The molecule has 31 heavy (non-hydrogen) atoms. The topological polar surface area (TPSA) is 112 Å². The molecule has 0 bridgehead atoms. The van der Waals surface area contributed by atoms with Gasteiger partial charge in [-0.05, 0) is 26.0 Å². The van der Waals surface area contributed by atoms with Crippen LogP contribution in [0.15, 0.2) is 36.8 Å². The number of nitrogens with zero attached hydrogens (tertiary/aromatic N) is 3. The summed E-state index contributed by atoms with van der Waals surface area (Å²) in [5, 5.41) is 2.98. The Kier molecular flexibility index (Phi) is 5.79. The quantitative estimate of drug-likeness (QED) is 0.701. The van der Waals surface area contributed by atoms with Crippen LogP contribution in [-0.4, -0.2) is 54.9 Å². The van der Waals surface area contributed by atoms with Gasteiger partial charge in [-0.25, -0.2) is 9.97 Å². The van der Waals surface area contributed by atoms with E-state index in [0.29, 0.717) is 37.7 Å². The Morgan fingerprint density at radius 3 is 2.65 bits per heavy atom. The summed E-state index contributed by atoms with van der Waals surface area (Å²) in [6, 6.07) is 5.56. The summed E-state index contributed by atoms with van der Waals surface area (Å²) < 4.78 is 17.4. The number of nitrogens with two attached hydrogens (primary N) is 1. The Morgan fingerprint density at radius 1 is 1.29 bits per heavy atom. The molecular formula is C22H27N5O4. The molecule has 1 atom stereocenters. The number of carbonyl (C=O) groups is 1. The predicted molar refractivity (Wildman–Crippen MR) is 117 cm³/mol. The first-order chi connectivity index (χ1) is 14.9. The number of hydrogen-bond donors (Lipinski definition) is 2. The third-order valence-electron chi connectivity index (χ3n) is 5.47. The van der Waals surface area contributed by atoms with Gasteiger partial charge in [-0.1, -0.05) is 0 Å². The van der Waals surface area contributed by atoms with E-state index in [9.17, 15) is 4.79 Å². The summed E-state index contributed by atoms with van der Waals surface area (Å²) in [4.78, 5) is 23.5. The van der Waals surface area contributed by atoms with E-state index in [0.717, 1.165) is 11.3 Å². The van der Waals surface area contributed by atoms with Gasteiger partial charge in [0, 0.05) is 50.4 Å². The number of nitrogens with one attached hydrogen (secondary N) is 1. The Morgan fingerprint density at radius 2 is 2.00 bits per heavy atom. The van der Waals surface area contributed by atoms with E-state index in [1.54, 1.807) is 25.6 Å². The Bertz CT molecular complexity index is 987. The van der Waals surface area contributed by atoms with Crippen LogP contribution < -0.4 is 20.7 Å². The van der Waals surface area contributed by atoms with Crippen molar-refractivity contribution in [3.8, 4) is 5.75 Å². The van der Waals surface area contributed by atoms with E-state index >= 15 is 0 Å². The van der Waals surface area contributed by atoms with Gasteiger partial charge in [-0.3, -0.25) is 4.79 Å². The molecular weight excluding hydrogens is 398 g/mol. The molecule has 1 aromatic heterocycles. The average molecular weight is 425 g/mol. The lowest BCUT2D eigenvalue weighted by atomic mass is 9.96. The highest BCUT2D eigenvalue weighted by atomic mass is 16.6. The second-order valence-corrected chi connectivity index (χ2v) is 7.93. The lowest BCUT2D eigenvalue weighted by Gasteiger charge is -2.31. The van der Waals surface area contributed by atoms with Gasteiger partial charge in [0.15, 0.2) is 5.82 Å². The number of ether oxygens (including phenoxy) is 3. The summed E-state index contributed by atoms with van der Waals surface area (Å²) in [6.07, 6.45) is 4.12. The Balaban J connectivity index is 1.72. The van der Waals surface area contributed by atoms with E-state index in [2.05, 4.69) is 20.2 Å². The van der Waals surface area contributed by atoms with Crippen molar-refractivity contribution in [1.29, 1.82) is 0 Å². The molecule has 164 valence electrons. The highest BCUT2D eigenvalue weighted by molar-refractivity contribution is 6.24. The summed E-state index contributed by atoms with van der Waals surface area (Å²) in [7, 11) is 1.67. The number of anilines is 2. The van der Waals surface area contributed by atoms with Crippen molar-refractivity contribution < 1.29 is 19.0 Å². The number of rotatable bonds is 5. The molecule has 0 saturated carbocycles. The van der Waals surface area contributed by atoms with Gasteiger partial charge in [0.1, 0.15) is 17.5 Å². The molecule has 1 aromatic carbocycles. The number of methoxy groups -OCH3 is 1. The van der Waals surface area contributed by atoms with Crippen LogP contribution in [0.5, 0.6) is 5.75 Å². The van der Waals surface area contributed by atoms with Crippen molar-refractivity contribution in [2.24, 2.45) is 5.73 Å². The summed E-state index contributed by atoms with van der Waals surface area (Å²) in [6.45, 7) is 6.62. The van der Waals surface area contributed by atoms with E-state index in [1.807, 2.05) is 26.0 Å². The molecule has 1 unspecified atom stereocenters. The monoisotopic (exact) mass is 425 g/mol. The number of fused-ring (bicyclic) bond motifs is 1. The molecule has 0 aliphatic carbocycles. The highest BCUT2D eigenvalue weighted by Crippen LogP contribution is 2.48. The standard InChI is InChI=1S/C22H27N5O4/c1-22(2)19(29-3)14-11-17(27-7-9-30-10-8-27)16(12-18(14)31-22)26-21(28)15(13-23)20-24-5-4-6-25-20/h4-6,11-13,19H,7-10,23H2,1-3H3,(H,26,28). The first kappa shape index (κ1) is 21.1. The van der Waals surface area contributed by atoms with Gasteiger partial charge >= 0.3 is 0 Å². The first-order valence-electron chi connectivity index (χ1n) is 10.2. The molecule has 1 amide bonds. The SMILES string of the molecule is COC1c2cc(N3CCOCC3)c(NC(=O)C(=CN)c3ncccn3)cc2OC1(C)C. The van der Waals surface area contributed by atoms with E-state index < -0.39 is 11.5 Å². The molecule has 4 rings (SSSR count). The van der Waals surface area contributed by atoms with Gasteiger partial charge in [-0.15, -0.1) is 0 Å². The lowest BCUT2D eigenvalue weighted by molar-refractivity contribution is -0.111. The molecule has 2 aromatic rings. The van der Waals surface area contributed by atoms with Crippen LogP contribution in [0, 0.1) is 0 Å². The van der Waals surface area contributed by atoms with Crippen LogP contribution >= 0.6 is 0 Å². The number of aromatic nitrogens is 2. The molecule has 1 fully saturated rings. The zero-order chi connectivity index (χ0) is 22.0. The molecule has 2 aliphatic heterocycles. The second kappa shape index (κ2) is 8.52. The van der Waals surface area contributed by atoms with Gasteiger partial charge in [-0.2, -0.15) is 0 Å². The molecule has 9 heteroatoms. The summed E-state index contributed by atoms with van der Waals surface area (Å²) in [5.41, 5.74) is 7.84. The van der Waals surface area contributed by atoms with Gasteiger partial charge < -0.3 is 30.2 Å². The Labute approximate surface area is 181 Å². The second-order valence-electron chi connectivity index (χ2n) is 7.93. The Hall–Kier alpha value is -3.17. The zero-order valence-corrected chi connectivity index (χ0v) is 17.9. The van der Waals surface area contributed by atoms with Crippen molar-refractivity contribution in [1.82, 2.24) is 9.97 Å². The molecule has 0 radical (unpaired) electrons. The first-order valence-corrected chi connectivity index (χ1v) is 10.2. The van der Waals surface area contributed by atoms with Crippen molar-refractivity contribution in [2.45, 2.75) is 25.6 Å². The maximum Gasteiger partial charge on any atom is 0.261 e. The van der Waals surface area contributed by atoms with Crippen LogP contribution in [0.3, 0.4) is 0 Å². The van der Waals surface area contributed by atoms with E-state index in [4.69, 9.17) is 19.9 Å². The molecule has 3 N–H and O–H groups in total. The molecule has 1 saturated heterocycles. The zero-order valence-electron chi connectivity index (χ0n) is 17.9. The largest absolute Gasteiger partial charge is 0.484 e. The number of benzene rings is 1. The summed E-state index contributed by atoms with van der Waals surface area (Å²) in [5.74, 6) is 0.538. The van der Waals surface area contributed by atoms with Crippen molar-refractivity contribution in [3.05, 3.63) is 48.2 Å². The number of hydrogen-bond acceptors (Lipinski definition) is 8. The fourth-order valence-corrected chi connectivity index (χ4v) is 4.05. The third-order valence-corrected chi connectivity index (χ3v) is 5.47. The van der Waals surface area contributed by atoms with Crippen LogP contribution in [0.4, 0.5) is 11.4 Å². The maximum absolute atomic E-state index is 13.1. The number of amides is 1. The van der Waals surface area contributed by atoms with Gasteiger partial charge in [0.25, 0.3) is 5.91 Å². The molecule has 2 aliphatic rings. The minimum absolute atomic E-state index is 0.185. The highest BCUT2D eigenvalue weighted by Gasteiger charge is 2.42. The minimum atomic E-state index is -0.526. The minimum Gasteiger partial charge on any atom is -0.484 e. The van der Waals surface area contributed by atoms with E-state index in [1.165, 1.54) is 6.20 Å². The third kappa shape index (κ3) is 4.06. The predicted octanol–water partition coefficient (Wildman–Crippen LogP) is 2.11. The van der Waals surface area contributed by atoms with Gasteiger partial charge in [0.05, 0.1) is 30.2 Å². The van der Waals surface area contributed by atoms with E-state index in [-0.39, 0.29) is 17.5 Å². The van der Waals surface area contributed by atoms with Crippen LogP contribution in [0.2, 0.25) is 0 Å². The molecule has 3 heterocycles. The van der Waals surface area contributed by atoms with Gasteiger partial charge in [0.2, 0.25) is 0 Å². The van der Waals surface area contributed by atoms with Crippen molar-refractivity contribution in [3.63, 3.8) is 0 Å². The fraction of sp³-hybridized carbons (Fsp3) is 0.409. The molecule has 9 nitrogen and oxygen atoms in total. The molecule has 0 spiro atoms.